The third kappa shape index (κ3) is 2.77. The van der Waals surface area contributed by atoms with Gasteiger partial charge in [0, 0.05) is 6.42 Å². The lowest BCUT2D eigenvalue weighted by atomic mass is 10.0. The Morgan fingerprint density at radius 2 is 2.33 bits per heavy atom. The smallest absolute Gasteiger partial charge is 0.263 e. The largest absolute Gasteiger partial charge is 0.501 e. The summed E-state index contributed by atoms with van der Waals surface area (Å²) >= 11 is 0. The summed E-state index contributed by atoms with van der Waals surface area (Å²) in [5.74, 6) is -2.77. The predicted octanol–water partition coefficient (Wildman–Crippen LogP) is 1.66. The summed E-state index contributed by atoms with van der Waals surface area (Å²) in [6, 6.07) is 0. The first-order chi connectivity index (χ1) is 5.64. The molecule has 70 valence electrons. The summed E-state index contributed by atoms with van der Waals surface area (Å²) in [4.78, 5) is 0. The van der Waals surface area contributed by atoms with Crippen molar-refractivity contribution >= 4 is 0 Å². The van der Waals surface area contributed by atoms with E-state index in [-0.39, 0.29) is 6.42 Å². The van der Waals surface area contributed by atoms with Gasteiger partial charge in [0.15, 0.2) is 0 Å². The van der Waals surface area contributed by atoms with Crippen molar-refractivity contribution in [3.05, 3.63) is 11.8 Å². The standard InChI is InChI=1S/C8H13F2NO/c9-8(10,6-11)4-7-2-1-3-12-5-7/h5H,1-4,6,11H2. The molecule has 1 aliphatic heterocycles. The van der Waals surface area contributed by atoms with Crippen LogP contribution in [0.3, 0.4) is 0 Å². The minimum Gasteiger partial charge on any atom is -0.501 e. The molecule has 4 heteroatoms. The number of alkyl halides is 2. The van der Waals surface area contributed by atoms with Gasteiger partial charge in [-0.05, 0) is 18.4 Å². The van der Waals surface area contributed by atoms with E-state index in [1.807, 2.05) is 0 Å². The Hall–Kier alpha value is -0.640. The van der Waals surface area contributed by atoms with Gasteiger partial charge in [-0.3, -0.25) is 0 Å². The average molecular weight is 177 g/mol. The first kappa shape index (κ1) is 9.45. The molecule has 12 heavy (non-hydrogen) atoms. The van der Waals surface area contributed by atoms with Crippen LogP contribution in [0.15, 0.2) is 11.8 Å². The van der Waals surface area contributed by atoms with Crippen LogP contribution < -0.4 is 5.73 Å². The maximum absolute atomic E-state index is 12.7. The van der Waals surface area contributed by atoms with Crippen LogP contribution in [0.2, 0.25) is 0 Å². The van der Waals surface area contributed by atoms with Gasteiger partial charge < -0.3 is 10.5 Å². The fourth-order valence-electron chi connectivity index (χ4n) is 1.15. The molecule has 0 unspecified atom stereocenters. The fourth-order valence-corrected chi connectivity index (χ4v) is 1.15. The number of allylic oxidation sites excluding steroid dienone is 1. The molecule has 0 aromatic rings. The molecule has 0 bridgehead atoms. The van der Waals surface area contributed by atoms with Gasteiger partial charge in [0.1, 0.15) is 0 Å². The average Bonchev–Trinajstić information content (AvgIpc) is 2.06. The van der Waals surface area contributed by atoms with Gasteiger partial charge in [-0.15, -0.1) is 0 Å². The van der Waals surface area contributed by atoms with Gasteiger partial charge in [0.25, 0.3) is 5.92 Å². The number of rotatable bonds is 3. The van der Waals surface area contributed by atoms with Crippen molar-refractivity contribution in [3.63, 3.8) is 0 Å². The topological polar surface area (TPSA) is 35.2 Å². The summed E-state index contributed by atoms with van der Waals surface area (Å²) in [5, 5.41) is 0. The lowest BCUT2D eigenvalue weighted by molar-refractivity contribution is 0.00871. The second-order valence-electron chi connectivity index (χ2n) is 2.99. The summed E-state index contributed by atoms with van der Waals surface area (Å²) in [5.41, 5.74) is 5.57. The van der Waals surface area contributed by atoms with Gasteiger partial charge >= 0.3 is 0 Å². The van der Waals surface area contributed by atoms with E-state index >= 15 is 0 Å². The molecule has 0 spiro atoms. The Morgan fingerprint density at radius 1 is 1.58 bits per heavy atom. The van der Waals surface area contributed by atoms with Crippen LogP contribution in [0.25, 0.3) is 0 Å². The van der Waals surface area contributed by atoms with Gasteiger partial charge in [-0.2, -0.15) is 0 Å². The van der Waals surface area contributed by atoms with E-state index in [0.717, 1.165) is 6.42 Å². The van der Waals surface area contributed by atoms with Crippen LogP contribution in [-0.4, -0.2) is 19.1 Å². The molecule has 0 saturated heterocycles. The summed E-state index contributed by atoms with van der Waals surface area (Å²) in [7, 11) is 0. The predicted molar refractivity (Wildman–Crippen MR) is 41.9 cm³/mol. The Bertz CT molecular complexity index is 180. The first-order valence-electron chi connectivity index (χ1n) is 4.01. The van der Waals surface area contributed by atoms with Gasteiger partial charge in [0.05, 0.1) is 19.4 Å². The highest BCUT2D eigenvalue weighted by Crippen LogP contribution is 2.26. The van der Waals surface area contributed by atoms with E-state index in [9.17, 15) is 8.78 Å². The molecule has 1 aliphatic rings. The van der Waals surface area contributed by atoms with E-state index < -0.39 is 12.5 Å². The zero-order valence-corrected chi connectivity index (χ0v) is 6.85. The number of hydrogen-bond acceptors (Lipinski definition) is 2. The van der Waals surface area contributed by atoms with Crippen molar-refractivity contribution < 1.29 is 13.5 Å². The number of halogens is 2. The van der Waals surface area contributed by atoms with Crippen LogP contribution in [-0.2, 0) is 4.74 Å². The Kier molecular flexibility index (Phi) is 3.03. The first-order valence-corrected chi connectivity index (χ1v) is 4.01. The minimum absolute atomic E-state index is 0.260. The summed E-state index contributed by atoms with van der Waals surface area (Å²) in [6.45, 7) is 0.0437. The van der Waals surface area contributed by atoms with E-state index in [2.05, 4.69) is 0 Å². The lowest BCUT2D eigenvalue weighted by Crippen LogP contribution is -2.28. The molecule has 0 fully saturated rings. The molecule has 2 N–H and O–H groups in total. The molecule has 0 aliphatic carbocycles. The molecule has 0 aromatic carbocycles. The van der Waals surface area contributed by atoms with Gasteiger partial charge in [-0.1, -0.05) is 0 Å². The van der Waals surface area contributed by atoms with Crippen LogP contribution in [0.4, 0.5) is 8.78 Å². The summed E-state index contributed by atoms with van der Waals surface area (Å²) < 4.78 is 30.4. The third-order valence-corrected chi connectivity index (χ3v) is 1.79. The Morgan fingerprint density at radius 3 is 2.83 bits per heavy atom. The highest BCUT2D eigenvalue weighted by Gasteiger charge is 2.28. The fraction of sp³-hybridized carbons (Fsp3) is 0.750. The van der Waals surface area contributed by atoms with Crippen molar-refractivity contribution in [2.45, 2.75) is 25.2 Å². The van der Waals surface area contributed by atoms with Crippen LogP contribution in [0, 0.1) is 0 Å². The summed E-state index contributed by atoms with van der Waals surface area (Å²) in [6.07, 6.45) is 2.71. The molecule has 1 heterocycles. The van der Waals surface area contributed by atoms with Gasteiger partial charge in [-0.25, -0.2) is 8.78 Å². The maximum atomic E-state index is 12.7. The van der Waals surface area contributed by atoms with Crippen molar-refractivity contribution in [3.8, 4) is 0 Å². The zero-order chi connectivity index (χ0) is 9.03. The van der Waals surface area contributed by atoms with E-state index in [1.54, 1.807) is 0 Å². The molecule has 0 amide bonds. The van der Waals surface area contributed by atoms with Crippen LogP contribution in [0.1, 0.15) is 19.3 Å². The van der Waals surface area contributed by atoms with Crippen molar-refractivity contribution in [2.75, 3.05) is 13.2 Å². The Balaban J connectivity index is 2.44. The van der Waals surface area contributed by atoms with Crippen LogP contribution >= 0.6 is 0 Å². The number of hydrogen-bond donors (Lipinski definition) is 1. The van der Waals surface area contributed by atoms with Crippen LogP contribution in [0.5, 0.6) is 0 Å². The minimum atomic E-state index is -2.77. The maximum Gasteiger partial charge on any atom is 0.263 e. The monoisotopic (exact) mass is 177 g/mol. The Labute approximate surface area is 70.4 Å². The normalized spacial score (nSPS) is 18.4. The molecule has 2 nitrogen and oxygen atoms in total. The highest BCUT2D eigenvalue weighted by atomic mass is 19.3. The third-order valence-electron chi connectivity index (χ3n) is 1.79. The van der Waals surface area contributed by atoms with Crippen molar-refractivity contribution in [2.24, 2.45) is 5.73 Å². The van der Waals surface area contributed by atoms with E-state index in [4.69, 9.17) is 10.5 Å². The van der Waals surface area contributed by atoms with E-state index in [1.165, 1.54) is 6.26 Å². The second-order valence-corrected chi connectivity index (χ2v) is 2.99. The van der Waals surface area contributed by atoms with Gasteiger partial charge in [0.2, 0.25) is 0 Å². The molecule has 0 saturated carbocycles. The number of nitrogens with two attached hydrogens (primary N) is 1. The second kappa shape index (κ2) is 3.85. The molecule has 0 radical (unpaired) electrons. The molecule has 0 atom stereocenters. The van der Waals surface area contributed by atoms with E-state index in [0.29, 0.717) is 18.6 Å². The van der Waals surface area contributed by atoms with Crippen molar-refractivity contribution in [1.29, 1.82) is 0 Å². The molecular weight excluding hydrogens is 164 g/mol. The molecule has 1 rings (SSSR count). The number of ether oxygens (including phenoxy) is 1. The SMILES string of the molecule is NCC(F)(F)CC1=COCCC1. The quantitative estimate of drug-likeness (QED) is 0.711. The molecule has 0 aromatic heterocycles. The lowest BCUT2D eigenvalue weighted by Gasteiger charge is -2.18. The molecular formula is C8H13F2NO. The highest BCUT2D eigenvalue weighted by molar-refractivity contribution is 5.03. The van der Waals surface area contributed by atoms with Crippen molar-refractivity contribution in [1.82, 2.24) is 0 Å². The zero-order valence-electron chi connectivity index (χ0n) is 6.85.